The molecule has 4 nitrogen and oxygen atoms in total. The van der Waals surface area contributed by atoms with Gasteiger partial charge in [-0.15, -0.1) is 0 Å². The number of halogens is 3. The van der Waals surface area contributed by atoms with E-state index >= 15 is 0 Å². The zero-order valence-corrected chi connectivity index (χ0v) is 8.96. The predicted molar refractivity (Wildman–Crippen MR) is 47.3 cm³/mol. The highest BCUT2D eigenvalue weighted by Gasteiger charge is 2.34. The molecule has 2 unspecified atom stereocenters. The van der Waals surface area contributed by atoms with Crippen LogP contribution in [0.3, 0.4) is 0 Å². The predicted octanol–water partition coefficient (Wildman–Crippen LogP) is -1.68. The molecular weight excluding hydrogens is 225 g/mol. The van der Waals surface area contributed by atoms with Gasteiger partial charge in [-0.25, -0.2) is 0 Å². The number of quaternary nitrogens is 1. The molecule has 0 spiro atoms. The van der Waals surface area contributed by atoms with Gasteiger partial charge in [-0.05, 0) is 7.05 Å². The number of hydrogen-bond donors (Lipinski definition) is 1. The van der Waals surface area contributed by atoms with Gasteiger partial charge in [0.2, 0.25) is 0 Å². The van der Waals surface area contributed by atoms with Crippen LogP contribution < -0.4 is 10.4 Å². The van der Waals surface area contributed by atoms with Crippen molar-refractivity contribution in [2.24, 2.45) is 0 Å². The van der Waals surface area contributed by atoms with Crippen LogP contribution in [0.25, 0.3) is 0 Å². The summed E-state index contributed by atoms with van der Waals surface area (Å²) < 4.78 is 31.5. The Kier molecular flexibility index (Phi) is 4.15. The van der Waals surface area contributed by atoms with Crippen molar-refractivity contribution in [2.45, 2.75) is 31.1 Å². The summed E-state index contributed by atoms with van der Waals surface area (Å²) in [6.07, 6.45) is -2.29. The fourth-order valence-corrected chi connectivity index (χ4v) is 2.18. The molecule has 0 aromatic carbocycles. The third-order valence-corrected chi connectivity index (χ3v) is 2.78. The Labute approximate surface area is 91.4 Å². The highest BCUT2D eigenvalue weighted by Crippen LogP contribution is 2.12. The van der Waals surface area contributed by atoms with Crippen LogP contribution in [0, 0.1) is 0 Å². The molecule has 2 atom stereocenters. The maximum atomic E-state index is 10.5. The molecule has 2 fully saturated rings. The lowest BCUT2D eigenvalue weighted by Gasteiger charge is -2.26. The number of likely N-dealkylation sites (tertiary alicyclic amines) is 1. The average molecular weight is 240 g/mol. The molecule has 2 aliphatic heterocycles. The van der Waals surface area contributed by atoms with Crippen LogP contribution in [-0.4, -0.2) is 49.3 Å². The maximum Gasteiger partial charge on any atom is 0.430 e. The molecule has 0 amide bonds. The van der Waals surface area contributed by atoms with Gasteiger partial charge in [0.15, 0.2) is 0 Å². The zero-order valence-electron chi connectivity index (χ0n) is 8.96. The molecule has 0 radical (unpaired) electrons. The summed E-state index contributed by atoms with van der Waals surface area (Å²) in [5.74, 6) is -3.01. The standard InChI is InChI=1S/C7H14N2.C2HF3O2/c1-9-4-6-2-3-7(5-9)8-6;3-2(4,5)1(6)7/h6-8H,2-5H2,1H3;(H,6,7). The topological polar surface area (TPSA) is 60.0 Å². The van der Waals surface area contributed by atoms with Gasteiger partial charge in [0, 0.05) is 12.8 Å². The number of carbonyl (C=O) groups excluding carboxylic acids is 1. The van der Waals surface area contributed by atoms with Crippen molar-refractivity contribution in [1.29, 1.82) is 0 Å². The number of nitrogens with two attached hydrogens (primary N) is 1. The summed E-state index contributed by atoms with van der Waals surface area (Å²) in [4.78, 5) is 11.2. The lowest BCUT2D eigenvalue weighted by atomic mass is 10.2. The van der Waals surface area contributed by atoms with E-state index in [1.165, 1.54) is 25.9 Å². The van der Waals surface area contributed by atoms with E-state index in [2.05, 4.69) is 17.3 Å². The molecule has 2 rings (SSSR count). The monoisotopic (exact) mass is 240 g/mol. The molecule has 16 heavy (non-hydrogen) atoms. The summed E-state index contributed by atoms with van der Waals surface area (Å²) in [5, 5.41) is 11.3. The minimum atomic E-state index is -5.19. The van der Waals surface area contributed by atoms with Gasteiger partial charge in [-0.2, -0.15) is 13.2 Å². The number of fused-ring (bicyclic) bond motifs is 2. The van der Waals surface area contributed by atoms with Gasteiger partial charge >= 0.3 is 6.18 Å². The quantitative estimate of drug-likeness (QED) is 0.550. The lowest BCUT2D eigenvalue weighted by molar-refractivity contribution is -0.710. The second-order valence-electron chi connectivity index (χ2n) is 4.30. The summed E-state index contributed by atoms with van der Waals surface area (Å²) in [6.45, 7) is 2.63. The third-order valence-electron chi connectivity index (χ3n) is 2.78. The number of carboxylic acid groups (broad SMARTS) is 1. The van der Waals surface area contributed by atoms with Crippen molar-refractivity contribution in [3.8, 4) is 0 Å². The van der Waals surface area contributed by atoms with Crippen LogP contribution in [0.15, 0.2) is 0 Å². The number of nitrogens with zero attached hydrogens (tertiary/aromatic N) is 1. The Hall–Kier alpha value is -0.820. The van der Waals surface area contributed by atoms with Crippen molar-refractivity contribution < 1.29 is 28.4 Å². The molecule has 7 heteroatoms. The van der Waals surface area contributed by atoms with E-state index in [4.69, 9.17) is 9.90 Å². The van der Waals surface area contributed by atoms with Gasteiger partial charge in [-0.1, -0.05) is 0 Å². The highest BCUT2D eigenvalue weighted by molar-refractivity contribution is 5.70. The van der Waals surface area contributed by atoms with Crippen LogP contribution in [0.5, 0.6) is 0 Å². The summed E-state index contributed by atoms with van der Waals surface area (Å²) in [6, 6.07) is 1.88. The molecule has 0 aromatic heterocycles. The SMILES string of the molecule is CN1CC2CCC(C1)[NH2+]2.O=C([O-])C(F)(F)F. The Balaban J connectivity index is 0.000000168. The van der Waals surface area contributed by atoms with Crippen molar-refractivity contribution in [3.05, 3.63) is 0 Å². The molecule has 0 saturated carbocycles. The lowest BCUT2D eigenvalue weighted by Crippen LogP contribution is -2.96. The van der Waals surface area contributed by atoms with Crippen LogP contribution >= 0.6 is 0 Å². The smallest absolute Gasteiger partial charge is 0.430 e. The van der Waals surface area contributed by atoms with E-state index in [0.29, 0.717) is 0 Å². The molecular formula is C9H15F3N2O2. The van der Waals surface area contributed by atoms with Crippen molar-refractivity contribution >= 4 is 5.97 Å². The first-order chi connectivity index (χ1) is 7.29. The number of alkyl halides is 3. The van der Waals surface area contributed by atoms with Crippen LogP contribution in [-0.2, 0) is 4.79 Å². The Bertz CT molecular complexity index is 246. The fraction of sp³-hybridized carbons (Fsp3) is 0.889. The Morgan fingerprint density at radius 1 is 1.31 bits per heavy atom. The number of carbonyl (C=O) groups is 1. The molecule has 94 valence electrons. The average Bonchev–Trinajstić information content (AvgIpc) is 2.45. The van der Waals surface area contributed by atoms with E-state index in [1.807, 2.05) is 0 Å². The van der Waals surface area contributed by atoms with Gasteiger partial charge < -0.3 is 15.2 Å². The first kappa shape index (κ1) is 13.2. The van der Waals surface area contributed by atoms with E-state index in [1.54, 1.807) is 0 Å². The molecule has 2 bridgehead atoms. The summed E-state index contributed by atoms with van der Waals surface area (Å²) >= 11 is 0. The number of likely N-dealkylation sites (N-methyl/N-ethyl adjacent to an activating group) is 1. The zero-order chi connectivity index (χ0) is 12.3. The van der Waals surface area contributed by atoms with Gasteiger partial charge in [-0.3, -0.25) is 4.90 Å². The normalized spacial score (nSPS) is 29.5. The number of carboxylic acids is 1. The number of aliphatic carboxylic acids is 1. The molecule has 0 aliphatic carbocycles. The number of rotatable bonds is 0. The molecule has 2 N–H and O–H groups in total. The van der Waals surface area contributed by atoms with Gasteiger partial charge in [0.05, 0.1) is 25.2 Å². The fourth-order valence-electron chi connectivity index (χ4n) is 2.18. The van der Waals surface area contributed by atoms with Gasteiger partial charge in [0.1, 0.15) is 5.97 Å². The van der Waals surface area contributed by atoms with Crippen molar-refractivity contribution in [3.63, 3.8) is 0 Å². The molecule has 2 heterocycles. The van der Waals surface area contributed by atoms with E-state index in [9.17, 15) is 13.2 Å². The minimum Gasteiger partial charge on any atom is -0.542 e. The largest absolute Gasteiger partial charge is 0.542 e. The molecule has 2 aliphatic rings. The third kappa shape index (κ3) is 3.97. The Morgan fingerprint density at radius 2 is 1.69 bits per heavy atom. The minimum absolute atomic E-state index is 0.939. The maximum absolute atomic E-state index is 10.5. The van der Waals surface area contributed by atoms with Crippen molar-refractivity contribution in [1.82, 2.24) is 4.90 Å². The van der Waals surface area contributed by atoms with Crippen LogP contribution in [0.1, 0.15) is 12.8 Å². The second-order valence-corrected chi connectivity index (χ2v) is 4.30. The van der Waals surface area contributed by atoms with E-state index in [0.717, 1.165) is 12.1 Å². The van der Waals surface area contributed by atoms with Crippen molar-refractivity contribution in [2.75, 3.05) is 20.1 Å². The second kappa shape index (κ2) is 5.01. The Morgan fingerprint density at radius 3 is 2.00 bits per heavy atom. The van der Waals surface area contributed by atoms with E-state index < -0.39 is 12.1 Å². The van der Waals surface area contributed by atoms with Crippen LogP contribution in [0.4, 0.5) is 13.2 Å². The molecule has 2 saturated heterocycles. The first-order valence-electron chi connectivity index (χ1n) is 5.10. The molecule has 0 aromatic rings. The number of piperazine rings is 1. The highest BCUT2D eigenvalue weighted by atomic mass is 19.4. The van der Waals surface area contributed by atoms with Crippen LogP contribution in [0.2, 0.25) is 0 Å². The summed E-state index contributed by atoms with van der Waals surface area (Å²) in [7, 11) is 2.23. The van der Waals surface area contributed by atoms with Gasteiger partial charge in [0.25, 0.3) is 0 Å². The van der Waals surface area contributed by atoms with E-state index in [-0.39, 0.29) is 0 Å². The summed E-state index contributed by atoms with van der Waals surface area (Å²) in [5.41, 5.74) is 0. The first-order valence-corrected chi connectivity index (χ1v) is 5.10. The number of hydrogen-bond acceptors (Lipinski definition) is 3.